The van der Waals surface area contributed by atoms with Crippen LogP contribution in [0.1, 0.15) is 52.7 Å². The third-order valence-electron chi connectivity index (χ3n) is 12.0. The van der Waals surface area contributed by atoms with E-state index in [2.05, 4.69) is 28.9 Å². The van der Waals surface area contributed by atoms with Gasteiger partial charge in [0.25, 0.3) is 0 Å². The Balaban J connectivity index is 0.000000278. The molecule has 0 bridgehead atoms. The lowest BCUT2D eigenvalue weighted by Gasteiger charge is -2.41. The van der Waals surface area contributed by atoms with Crippen LogP contribution in [0.15, 0.2) is 75.6 Å². The summed E-state index contributed by atoms with van der Waals surface area (Å²) in [6.45, 7) is 12.6. The highest BCUT2D eigenvalue weighted by Gasteiger charge is 2.52. The van der Waals surface area contributed by atoms with Gasteiger partial charge >= 0.3 is 4.96 Å². The molecule has 15 atom stereocenters. The van der Waals surface area contributed by atoms with Crippen LogP contribution in [0, 0.1) is 18.4 Å². The first kappa shape index (κ1) is 65.1. The highest BCUT2D eigenvalue weighted by atomic mass is 35.6. The normalized spacial score (nSPS) is 31.5. The van der Waals surface area contributed by atoms with Gasteiger partial charge in [-0.25, -0.2) is 24.1 Å². The molecule has 0 amide bonds. The molecule has 0 spiro atoms. The fourth-order valence-electron chi connectivity index (χ4n) is 8.32. The SMILES string of the molecule is C.C.CN(C)C1=N[C@@H]2[C@@H](O)[C@H](O)[C@@H](CC(F)F)O[C@@H]2S1.C[C@H]1[C@H](OCc2ccccc2)[C@H]2N=C(N(C)C)S[C@H]2O[C@@H]1CC(F)F.ClB(Cl)Cl.[C-]#[N+]C[C@H]1O[C@@H]2SC(N(C)C)=N[C@@H]2[C@@H](OCc2ccccc2)[C@@H]1C. The van der Waals surface area contributed by atoms with Crippen molar-refractivity contribution in [3.63, 3.8) is 0 Å². The third kappa shape index (κ3) is 18.7. The van der Waals surface area contributed by atoms with Gasteiger partial charge in [0.1, 0.15) is 52.7 Å². The Kier molecular flexibility index (Phi) is 27.8. The Morgan fingerprint density at radius 1 is 0.616 bits per heavy atom. The van der Waals surface area contributed by atoms with Gasteiger partial charge in [0.2, 0.25) is 19.4 Å². The average molecular weight is 1150 g/mol. The minimum Gasteiger partial charge on any atom is -0.388 e. The van der Waals surface area contributed by atoms with Gasteiger partial charge in [0, 0.05) is 67.0 Å². The number of thioether (sulfide) groups is 3. The Labute approximate surface area is 457 Å². The molecule has 2 N–H and O–H groups in total. The number of fused-ring (bicyclic) bond motifs is 3. The van der Waals surface area contributed by atoms with E-state index < -0.39 is 60.1 Å². The molecule has 73 heavy (non-hydrogen) atoms. The number of benzene rings is 2. The van der Waals surface area contributed by atoms with Gasteiger partial charge in [-0.15, -0.1) is 0 Å². The molecule has 0 unspecified atom stereocenters. The number of ether oxygens (including phenoxy) is 5. The van der Waals surface area contributed by atoms with Crippen LogP contribution >= 0.6 is 69.7 Å². The van der Waals surface area contributed by atoms with Crippen molar-refractivity contribution in [2.45, 2.75) is 145 Å². The van der Waals surface area contributed by atoms with Crippen molar-refractivity contribution in [2.75, 3.05) is 48.8 Å². The molecule has 6 aliphatic rings. The summed E-state index contributed by atoms with van der Waals surface area (Å²) in [7, 11) is 11.4. The monoisotopic (exact) mass is 1150 g/mol. The predicted octanol–water partition coefficient (Wildman–Crippen LogP) is 9.59. The molecule has 25 heteroatoms. The Bertz CT molecular complexity index is 2080. The summed E-state index contributed by atoms with van der Waals surface area (Å²) in [5.74, 6) is -0.0141. The van der Waals surface area contributed by atoms with E-state index in [1.54, 1.807) is 30.8 Å². The molecule has 3 saturated heterocycles. The molecule has 410 valence electrons. The first-order chi connectivity index (χ1) is 33.7. The molecule has 6 aliphatic heterocycles. The van der Waals surface area contributed by atoms with Gasteiger partial charge in [0.05, 0.1) is 37.6 Å². The minimum absolute atomic E-state index is 0. The highest BCUT2D eigenvalue weighted by Crippen LogP contribution is 2.43. The number of amidine groups is 3. The minimum atomic E-state index is -2.57. The Morgan fingerprint density at radius 2 is 0.959 bits per heavy atom. The second-order valence-corrected chi connectivity index (χ2v) is 23.1. The van der Waals surface area contributed by atoms with Crippen LogP contribution < -0.4 is 0 Å². The van der Waals surface area contributed by atoms with Crippen molar-refractivity contribution in [3.05, 3.63) is 83.2 Å². The van der Waals surface area contributed by atoms with Crippen LogP contribution in [0.3, 0.4) is 0 Å². The molecule has 8 rings (SSSR count). The number of hydrogen-bond acceptors (Lipinski definition) is 16. The van der Waals surface area contributed by atoms with Crippen molar-refractivity contribution >= 4 is 90.1 Å². The molecule has 0 aromatic heterocycles. The third-order valence-corrected chi connectivity index (χ3v) is 15.9. The van der Waals surface area contributed by atoms with Crippen LogP contribution in [0.5, 0.6) is 0 Å². The van der Waals surface area contributed by atoms with Crippen molar-refractivity contribution < 1.29 is 51.5 Å². The number of alkyl halides is 4. The fraction of sp³-hybridized carbons (Fsp3) is 0.667. The number of halogens is 7. The predicted molar refractivity (Wildman–Crippen MR) is 293 cm³/mol. The van der Waals surface area contributed by atoms with E-state index in [1.807, 2.05) is 93.4 Å². The summed E-state index contributed by atoms with van der Waals surface area (Å²) in [5.41, 5.74) is 1.37. The van der Waals surface area contributed by atoms with E-state index in [1.165, 1.54) is 23.5 Å². The highest BCUT2D eigenvalue weighted by molar-refractivity contribution is 8.15. The molecule has 6 heterocycles. The molecule has 0 saturated carbocycles. The zero-order valence-corrected chi connectivity index (χ0v) is 45.4. The maximum Gasteiger partial charge on any atom is 0.450 e. The van der Waals surface area contributed by atoms with E-state index >= 15 is 0 Å². The van der Waals surface area contributed by atoms with E-state index in [0.717, 1.165) is 21.5 Å². The van der Waals surface area contributed by atoms with Crippen LogP contribution in [0.25, 0.3) is 4.85 Å². The molecule has 0 radical (unpaired) electrons. The summed E-state index contributed by atoms with van der Waals surface area (Å²) in [6, 6.07) is 19.2. The summed E-state index contributed by atoms with van der Waals surface area (Å²) >= 11 is 18.8. The molecular weight excluding hydrogens is 1080 g/mol. The zero-order chi connectivity index (χ0) is 52.1. The topological polar surface area (TPSA) is 138 Å². The first-order valence-corrected chi connectivity index (χ1v) is 26.8. The number of aliphatic imine (C=N–C) groups is 3. The van der Waals surface area contributed by atoms with Gasteiger partial charge in [-0.3, -0.25) is 15.0 Å². The Hall–Kier alpha value is -2.24. The number of aliphatic hydroxyl groups is 2. The summed E-state index contributed by atoms with van der Waals surface area (Å²) in [5, 5.41) is 22.2. The Morgan fingerprint density at radius 3 is 1.34 bits per heavy atom. The maximum atomic E-state index is 13.0. The van der Waals surface area contributed by atoms with Gasteiger partial charge < -0.3 is 53.4 Å². The van der Waals surface area contributed by atoms with Gasteiger partial charge in [0.15, 0.2) is 15.5 Å². The molecule has 14 nitrogen and oxygen atoms in total. The second kappa shape index (κ2) is 31.2. The van der Waals surface area contributed by atoms with Crippen LogP contribution in [-0.2, 0) is 36.9 Å². The van der Waals surface area contributed by atoms with Crippen LogP contribution in [0.4, 0.5) is 17.6 Å². The van der Waals surface area contributed by atoms with Crippen molar-refractivity contribution in [1.82, 2.24) is 14.7 Å². The number of hydrogen-bond donors (Lipinski definition) is 2. The van der Waals surface area contributed by atoms with E-state index in [-0.39, 0.29) is 74.4 Å². The lowest BCUT2D eigenvalue weighted by Crippen LogP contribution is -2.55. The number of nitrogens with zero attached hydrogens (tertiary/aromatic N) is 7. The van der Waals surface area contributed by atoms with Gasteiger partial charge in [-0.05, 0) is 11.1 Å². The van der Waals surface area contributed by atoms with E-state index in [4.69, 9.17) is 74.6 Å². The van der Waals surface area contributed by atoms with Gasteiger partial charge in [-0.2, -0.15) is 34.4 Å². The largest absolute Gasteiger partial charge is 0.450 e. The van der Waals surface area contributed by atoms with Crippen molar-refractivity contribution in [1.29, 1.82) is 0 Å². The molecule has 2 aromatic carbocycles. The molecule has 2 aromatic rings. The van der Waals surface area contributed by atoms with Crippen LogP contribution in [-0.4, -0.2) is 184 Å². The molecule has 0 aliphatic carbocycles. The van der Waals surface area contributed by atoms with Crippen LogP contribution in [0.2, 0.25) is 0 Å². The maximum absolute atomic E-state index is 13.0. The fourth-order valence-corrected chi connectivity index (χ4v) is 11.8. The molecular formula is C48H71BCl3F4N7O7S3. The lowest BCUT2D eigenvalue weighted by molar-refractivity contribution is -0.163. The second-order valence-electron chi connectivity index (χ2n) is 17.9. The smallest absolute Gasteiger partial charge is 0.388 e. The summed E-state index contributed by atoms with van der Waals surface area (Å²) in [4.78, 5) is 22.3. The average Bonchev–Trinajstić information content (AvgIpc) is 4.07. The lowest BCUT2D eigenvalue weighted by atomic mass is 9.88. The van der Waals surface area contributed by atoms with Crippen molar-refractivity contribution in [2.24, 2.45) is 26.8 Å². The standard InChI is InChI=1S/C18H24F2N2O2S.C18H23N3O2S.C10H16F2N2O3S.2CH4.BCl3/c1-11-13(9-14(19)20)24-17-15(21-18(25-17)22(2)3)16(11)23-10-12-7-5-4-6-8-12;1-12-14(10-19-2)23-17-15(20-18(24-17)21(3)4)16(12)22-11-13-8-6-5-7-9-13;1-14(2)10-13-6-8(16)7(15)4(3-5(11)12)17-9(6)18-10;;;2-1(3)4/h4-8,11,13-17H,9-10H2,1-3H3;5-9,12,14-17H,10-11H2,1,3-4H3;4-9,15-16H,3H2,1-2H3;2*1H4;/t11-,13-,15-,16+,17-;12-,14-,15-,16+,17-;4-,6-,7-,8-,9-;;;/m111.../s1. The molecule has 3 fully saturated rings. The van der Waals surface area contributed by atoms with E-state index in [9.17, 15) is 27.8 Å². The summed E-state index contributed by atoms with van der Waals surface area (Å²) < 4.78 is 80.6. The number of aliphatic hydroxyl groups excluding tert-OH is 2. The number of rotatable bonds is 11. The van der Waals surface area contributed by atoms with E-state index in [0.29, 0.717) is 24.9 Å². The summed E-state index contributed by atoms with van der Waals surface area (Å²) in [6.07, 6.45) is -10.3. The zero-order valence-electron chi connectivity index (χ0n) is 40.6. The first-order valence-electron chi connectivity index (χ1n) is 22.9. The quantitative estimate of drug-likeness (QED) is 0.126. The van der Waals surface area contributed by atoms with Gasteiger partial charge in [-0.1, -0.05) is 125 Å². The van der Waals surface area contributed by atoms with Crippen molar-refractivity contribution in [3.8, 4) is 0 Å².